The summed E-state index contributed by atoms with van der Waals surface area (Å²) in [5.74, 6) is 1.53. The largest absolute Gasteiger partial charge is 0.508 e. The van der Waals surface area contributed by atoms with Gasteiger partial charge in [0.25, 0.3) is 0 Å². The van der Waals surface area contributed by atoms with E-state index in [0.29, 0.717) is 11.7 Å². The van der Waals surface area contributed by atoms with Gasteiger partial charge in [0, 0.05) is 11.1 Å². The molecule has 0 saturated carbocycles. The van der Waals surface area contributed by atoms with Crippen molar-refractivity contribution in [3.8, 4) is 11.5 Å². The number of phenols is 2. The van der Waals surface area contributed by atoms with E-state index in [2.05, 4.69) is 21.1 Å². The van der Waals surface area contributed by atoms with Crippen LogP contribution in [0.5, 0.6) is 11.5 Å². The summed E-state index contributed by atoms with van der Waals surface area (Å²) < 4.78 is 0. The zero-order chi connectivity index (χ0) is 13.9. The maximum absolute atomic E-state index is 9.24. The van der Waals surface area contributed by atoms with Crippen molar-refractivity contribution in [3.63, 3.8) is 0 Å². The highest BCUT2D eigenvalue weighted by Gasteiger charge is 2.11. The highest BCUT2D eigenvalue weighted by Crippen LogP contribution is 2.12. The van der Waals surface area contributed by atoms with Crippen molar-refractivity contribution in [2.45, 2.75) is 0 Å². The molecule has 0 fully saturated rings. The number of aromatic hydroxyl groups is 2. The molecule has 0 saturated heterocycles. The van der Waals surface area contributed by atoms with Crippen LogP contribution in [0.1, 0.15) is 11.1 Å². The molecule has 2 aromatic rings. The smallest absolute Gasteiger partial charge is 0.174 e. The molecule has 3 rings (SSSR count). The van der Waals surface area contributed by atoms with E-state index in [0.717, 1.165) is 11.1 Å². The molecule has 20 heavy (non-hydrogen) atoms. The number of nitrogens with one attached hydrogen (secondary N) is 2. The third-order valence-electron chi connectivity index (χ3n) is 2.83. The second kappa shape index (κ2) is 4.93. The third-order valence-corrected chi connectivity index (χ3v) is 2.83. The standard InChI is InChI=1S/C14H12N4O2/c19-11-5-1-9(2-6-11)13-15-17-14(18-16-13)10-3-7-12(20)8-4-10/h1-8,19-20H,(H,15,16)(H,17,18). The highest BCUT2D eigenvalue weighted by atomic mass is 16.3. The Morgan fingerprint density at radius 2 is 0.950 bits per heavy atom. The Morgan fingerprint density at radius 1 is 0.600 bits per heavy atom. The lowest BCUT2D eigenvalue weighted by atomic mass is 10.2. The van der Waals surface area contributed by atoms with Gasteiger partial charge in [-0.3, -0.25) is 10.9 Å². The van der Waals surface area contributed by atoms with E-state index in [1.54, 1.807) is 48.5 Å². The van der Waals surface area contributed by atoms with Crippen LogP contribution in [0.25, 0.3) is 0 Å². The summed E-state index contributed by atoms with van der Waals surface area (Å²) in [5, 5.41) is 26.7. The van der Waals surface area contributed by atoms with Crippen LogP contribution >= 0.6 is 0 Å². The van der Waals surface area contributed by atoms with E-state index in [9.17, 15) is 10.2 Å². The number of hydrogen-bond donors (Lipinski definition) is 4. The summed E-state index contributed by atoms with van der Waals surface area (Å²) in [6.07, 6.45) is 0. The molecule has 100 valence electrons. The monoisotopic (exact) mass is 268 g/mol. The number of amidine groups is 2. The summed E-state index contributed by atoms with van der Waals surface area (Å²) in [6, 6.07) is 13.3. The van der Waals surface area contributed by atoms with Crippen LogP contribution in [-0.4, -0.2) is 21.9 Å². The van der Waals surface area contributed by atoms with Crippen LogP contribution in [-0.2, 0) is 0 Å². The van der Waals surface area contributed by atoms with Crippen molar-refractivity contribution in [2.24, 2.45) is 10.2 Å². The zero-order valence-electron chi connectivity index (χ0n) is 10.4. The Morgan fingerprint density at radius 3 is 1.25 bits per heavy atom. The Balaban J connectivity index is 1.85. The Kier molecular flexibility index (Phi) is 2.96. The molecule has 0 aliphatic carbocycles. The molecular formula is C14H12N4O2. The zero-order valence-corrected chi connectivity index (χ0v) is 10.4. The Bertz CT molecular complexity index is 614. The average Bonchev–Trinajstić information content (AvgIpc) is 2.49. The SMILES string of the molecule is Oc1ccc(C2=NN=C(c3ccc(O)cc3)NN2)cc1. The van der Waals surface area contributed by atoms with Crippen molar-refractivity contribution < 1.29 is 10.2 Å². The quantitative estimate of drug-likeness (QED) is 0.661. The van der Waals surface area contributed by atoms with Crippen LogP contribution in [0.3, 0.4) is 0 Å². The van der Waals surface area contributed by atoms with Crippen molar-refractivity contribution in [3.05, 3.63) is 59.7 Å². The highest BCUT2D eigenvalue weighted by molar-refractivity contribution is 6.06. The normalized spacial score (nSPS) is 13.8. The molecule has 1 aliphatic heterocycles. The molecule has 0 bridgehead atoms. The third kappa shape index (κ3) is 2.39. The summed E-state index contributed by atoms with van der Waals surface area (Å²) in [6.45, 7) is 0. The van der Waals surface area contributed by atoms with Gasteiger partial charge in [0.05, 0.1) is 0 Å². The van der Waals surface area contributed by atoms with Gasteiger partial charge in [0.2, 0.25) is 0 Å². The van der Waals surface area contributed by atoms with E-state index in [1.807, 2.05) is 0 Å². The molecule has 4 N–H and O–H groups in total. The lowest BCUT2D eigenvalue weighted by molar-refractivity contribution is 0.474. The molecule has 0 atom stereocenters. The molecule has 2 aromatic carbocycles. The first-order valence-electron chi connectivity index (χ1n) is 5.99. The number of benzene rings is 2. The lowest BCUT2D eigenvalue weighted by Crippen LogP contribution is -2.44. The molecule has 1 aliphatic rings. The van der Waals surface area contributed by atoms with Gasteiger partial charge in [-0.1, -0.05) is 0 Å². The number of hydrogen-bond acceptors (Lipinski definition) is 6. The number of hydrazine groups is 1. The maximum atomic E-state index is 9.24. The molecule has 6 nitrogen and oxygen atoms in total. The van der Waals surface area contributed by atoms with Gasteiger partial charge in [-0.25, -0.2) is 0 Å². The van der Waals surface area contributed by atoms with E-state index >= 15 is 0 Å². The molecule has 0 unspecified atom stereocenters. The predicted molar refractivity (Wildman–Crippen MR) is 75.6 cm³/mol. The fourth-order valence-corrected chi connectivity index (χ4v) is 1.77. The van der Waals surface area contributed by atoms with Crippen LogP contribution in [0.2, 0.25) is 0 Å². The summed E-state index contributed by atoms with van der Waals surface area (Å²) in [7, 11) is 0. The first-order valence-corrected chi connectivity index (χ1v) is 5.99. The van der Waals surface area contributed by atoms with Gasteiger partial charge in [-0.2, -0.15) is 0 Å². The molecule has 6 heteroatoms. The topological polar surface area (TPSA) is 89.2 Å². The van der Waals surface area contributed by atoms with Crippen LogP contribution < -0.4 is 10.9 Å². The number of phenolic OH excluding ortho intramolecular Hbond substituents is 2. The van der Waals surface area contributed by atoms with Crippen molar-refractivity contribution in [2.75, 3.05) is 0 Å². The average molecular weight is 268 g/mol. The molecule has 1 heterocycles. The minimum absolute atomic E-state index is 0.200. The van der Waals surface area contributed by atoms with E-state index in [1.165, 1.54) is 0 Å². The first kappa shape index (κ1) is 12.0. The van der Waals surface area contributed by atoms with E-state index in [-0.39, 0.29) is 11.5 Å². The van der Waals surface area contributed by atoms with Gasteiger partial charge < -0.3 is 10.2 Å². The van der Waals surface area contributed by atoms with Gasteiger partial charge in [-0.05, 0) is 48.5 Å². The number of rotatable bonds is 2. The van der Waals surface area contributed by atoms with Crippen molar-refractivity contribution in [1.29, 1.82) is 0 Å². The first-order chi connectivity index (χ1) is 9.72. The molecule has 0 spiro atoms. The number of nitrogens with zero attached hydrogens (tertiary/aromatic N) is 2. The predicted octanol–water partition coefficient (Wildman–Crippen LogP) is 1.31. The van der Waals surface area contributed by atoms with E-state index in [4.69, 9.17) is 0 Å². The summed E-state index contributed by atoms with van der Waals surface area (Å²) in [5.41, 5.74) is 7.50. The van der Waals surface area contributed by atoms with Crippen LogP contribution in [0.15, 0.2) is 58.7 Å². The van der Waals surface area contributed by atoms with Crippen LogP contribution in [0.4, 0.5) is 0 Å². The Labute approximate surface area is 115 Å². The maximum Gasteiger partial charge on any atom is 0.174 e. The van der Waals surface area contributed by atoms with Gasteiger partial charge in [0.15, 0.2) is 11.7 Å². The fourth-order valence-electron chi connectivity index (χ4n) is 1.77. The van der Waals surface area contributed by atoms with E-state index < -0.39 is 0 Å². The molecule has 0 amide bonds. The minimum atomic E-state index is 0.200. The minimum Gasteiger partial charge on any atom is -0.508 e. The van der Waals surface area contributed by atoms with Gasteiger partial charge in [-0.15, -0.1) is 10.2 Å². The summed E-state index contributed by atoms with van der Waals surface area (Å²) >= 11 is 0. The Hall–Kier alpha value is -3.02. The fraction of sp³-hybridized carbons (Fsp3) is 0. The molecule has 0 aromatic heterocycles. The summed E-state index contributed by atoms with van der Waals surface area (Å²) in [4.78, 5) is 0. The van der Waals surface area contributed by atoms with Crippen LogP contribution in [0, 0.1) is 0 Å². The molecule has 0 radical (unpaired) electrons. The van der Waals surface area contributed by atoms with Gasteiger partial charge >= 0.3 is 0 Å². The lowest BCUT2D eigenvalue weighted by Gasteiger charge is -2.17. The van der Waals surface area contributed by atoms with Gasteiger partial charge in [0.1, 0.15) is 11.5 Å². The second-order valence-electron chi connectivity index (χ2n) is 4.24. The van der Waals surface area contributed by atoms with Crippen molar-refractivity contribution in [1.82, 2.24) is 10.9 Å². The van der Waals surface area contributed by atoms with Crippen molar-refractivity contribution >= 4 is 11.7 Å². The second-order valence-corrected chi connectivity index (χ2v) is 4.24. The molecular weight excluding hydrogens is 256 g/mol.